The summed E-state index contributed by atoms with van der Waals surface area (Å²) in [5, 5.41) is 11.1. The van der Waals surface area contributed by atoms with E-state index in [1.54, 1.807) is 13.8 Å². The molecule has 0 unspecified atom stereocenters. The number of benzene rings is 1. The van der Waals surface area contributed by atoms with E-state index in [4.69, 9.17) is 0 Å². The molecule has 1 aromatic rings. The van der Waals surface area contributed by atoms with Crippen LogP contribution in [0, 0.1) is 10.1 Å². The lowest BCUT2D eigenvalue weighted by molar-refractivity contribution is -0.385. The van der Waals surface area contributed by atoms with Gasteiger partial charge in [0.05, 0.1) is 9.82 Å². The molecule has 116 valence electrons. The molecule has 1 rings (SSSR count). The van der Waals surface area contributed by atoms with Crippen LogP contribution in [0.15, 0.2) is 23.1 Å². The number of nitrogens with one attached hydrogen (secondary N) is 1. The second-order valence-corrected chi connectivity index (χ2v) is 6.63. The van der Waals surface area contributed by atoms with Crippen LogP contribution in [0.1, 0.15) is 24.2 Å². The fourth-order valence-electron chi connectivity index (χ4n) is 1.63. The third kappa shape index (κ3) is 3.99. The van der Waals surface area contributed by atoms with Crippen LogP contribution in [-0.4, -0.2) is 44.3 Å². The minimum atomic E-state index is -3.86. The molecular weight excluding hydrogens is 298 g/mol. The van der Waals surface area contributed by atoms with Crippen LogP contribution in [0.5, 0.6) is 0 Å². The third-order valence-electron chi connectivity index (χ3n) is 2.50. The Hall–Kier alpha value is -2.00. The van der Waals surface area contributed by atoms with Crippen LogP contribution in [-0.2, 0) is 10.0 Å². The first-order valence-electron chi connectivity index (χ1n) is 6.08. The Kier molecular flexibility index (Phi) is 5.02. The fraction of sp³-hybridized carbons (Fsp3) is 0.417. The smallest absolute Gasteiger partial charge is 0.283 e. The monoisotopic (exact) mass is 315 g/mol. The molecule has 1 N–H and O–H groups in total. The van der Waals surface area contributed by atoms with Crippen molar-refractivity contribution in [1.29, 1.82) is 0 Å². The quantitative estimate of drug-likeness (QED) is 0.643. The van der Waals surface area contributed by atoms with Crippen LogP contribution in [0.3, 0.4) is 0 Å². The molecule has 8 nitrogen and oxygen atoms in total. The largest absolute Gasteiger partial charge is 0.345 e. The lowest BCUT2D eigenvalue weighted by atomic mass is 10.1. The van der Waals surface area contributed by atoms with Crippen molar-refractivity contribution in [2.75, 3.05) is 14.1 Å². The summed E-state index contributed by atoms with van der Waals surface area (Å²) >= 11 is 0. The summed E-state index contributed by atoms with van der Waals surface area (Å²) in [7, 11) is -0.947. The van der Waals surface area contributed by atoms with Gasteiger partial charge in [-0.05, 0) is 26.0 Å². The van der Waals surface area contributed by atoms with E-state index in [0.717, 1.165) is 12.1 Å². The maximum atomic E-state index is 12.0. The van der Waals surface area contributed by atoms with Crippen LogP contribution in [0.2, 0.25) is 0 Å². The molecule has 9 heteroatoms. The molecule has 0 bridgehead atoms. The number of carbonyl (C=O) groups is 1. The van der Waals surface area contributed by atoms with E-state index in [1.165, 1.54) is 25.1 Å². The molecule has 0 aliphatic rings. The van der Waals surface area contributed by atoms with Crippen molar-refractivity contribution in [1.82, 2.24) is 9.62 Å². The van der Waals surface area contributed by atoms with Crippen molar-refractivity contribution in [2.45, 2.75) is 24.8 Å². The number of hydrogen-bond donors (Lipinski definition) is 1. The van der Waals surface area contributed by atoms with Crippen molar-refractivity contribution in [3.63, 3.8) is 0 Å². The predicted molar refractivity (Wildman–Crippen MR) is 76.6 cm³/mol. The van der Waals surface area contributed by atoms with Gasteiger partial charge in [0.1, 0.15) is 5.56 Å². The Balaban J connectivity index is 3.40. The number of nitrogens with zero attached hydrogens (tertiary/aromatic N) is 2. The Morgan fingerprint density at radius 1 is 1.33 bits per heavy atom. The van der Waals surface area contributed by atoms with Crippen LogP contribution < -0.4 is 4.72 Å². The SMILES string of the molecule is CC(C)NS(=O)(=O)c1ccc(C(=O)N(C)C)c([N+](=O)[O-])c1. The number of nitro groups is 1. The van der Waals surface area contributed by atoms with Gasteiger partial charge in [0.25, 0.3) is 11.6 Å². The average Bonchev–Trinajstić information content (AvgIpc) is 2.35. The molecule has 0 atom stereocenters. The van der Waals surface area contributed by atoms with Crippen LogP contribution in [0.4, 0.5) is 5.69 Å². The number of nitro benzene ring substituents is 1. The summed E-state index contributed by atoms with van der Waals surface area (Å²) < 4.78 is 26.3. The van der Waals surface area contributed by atoms with Crippen molar-refractivity contribution in [3.05, 3.63) is 33.9 Å². The van der Waals surface area contributed by atoms with Gasteiger partial charge in [-0.15, -0.1) is 0 Å². The Morgan fingerprint density at radius 2 is 1.90 bits per heavy atom. The molecule has 1 aromatic carbocycles. The van der Waals surface area contributed by atoms with E-state index in [9.17, 15) is 23.3 Å². The highest BCUT2D eigenvalue weighted by Crippen LogP contribution is 2.24. The van der Waals surface area contributed by atoms with Gasteiger partial charge in [-0.1, -0.05) is 0 Å². The Bertz CT molecular complexity index is 667. The van der Waals surface area contributed by atoms with Gasteiger partial charge in [0.15, 0.2) is 0 Å². The summed E-state index contributed by atoms with van der Waals surface area (Å²) in [6.07, 6.45) is 0. The molecule has 1 amide bonds. The highest BCUT2D eigenvalue weighted by molar-refractivity contribution is 7.89. The van der Waals surface area contributed by atoms with Gasteiger partial charge < -0.3 is 4.90 Å². The zero-order valence-electron chi connectivity index (χ0n) is 12.2. The maximum Gasteiger partial charge on any atom is 0.283 e. The highest BCUT2D eigenvalue weighted by Gasteiger charge is 2.25. The Morgan fingerprint density at radius 3 is 2.33 bits per heavy atom. The van der Waals surface area contributed by atoms with Gasteiger partial charge in [-0.2, -0.15) is 0 Å². The molecule has 0 aliphatic carbocycles. The van der Waals surface area contributed by atoms with Gasteiger partial charge in [-0.3, -0.25) is 14.9 Å². The summed E-state index contributed by atoms with van der Waals surface area (Å²) in [5.41, 5.74) is -0.700. The van der Waals surface area contributed by atoms with E-state index in [2.05, 4.69) is 4.72 Å². The second-order valence-electron chi connectivity index (χ2n) is 4.91. The van der Waals surface area contributed by atoms with E-state index in [-0.39, 0.29) is 16.5 Å². The molecule has 0 aromatic heterocycles. The van der Waals surface area contributed by atoms with Crippen molar-refractivity contribution in [2.24, 2.45) is 0 Å². The number of sulfonamides is 1. The summed E-state index contributed by atoms with van der Waals surface area (Å²) in [4.78, 5) is 23.1. The zero-order chi connectivity index (χ0) is 16.4. The molecule has 21 heavy (non-hydrogen) atoms. The van der Waals surface area contributed by atoms with Crippen molar-refractivity contribution in [3.8, 4) is 0 Å². The minimum Gasteiger partial charge on any atom is -0.345 e. The average molecular weight is 315 g/mol. The number of carbonyl (C=O) groups excluding carboxylic acids is 1. The molecule has 0 aliphatic heterocycles. The number of hydrogen-bond acceptors (Lipinski definition) is 5. The first kappa shape index (κ1) is 17.1. The molecule has 0 heterocycles. The molecule has 0 radical (unpaired) electrons. The van der Waals surface area contributed by atoms with Gasteiger partial charge in [0.2, 0.25) is 10.0 Å². The van der Waals surface area contributed by atoms with Gasteiger partial charge in [-0.25, -0.2) is 13.1 Å². The lowest BCUT2D eigenvalue weighted by Crippen LogP contribution is -2.30. The zero-order valence-corrected chi connectivity index (χ0v) is 13.0. The summed E-state index contributed by atoms with van der Waals surface area (Å²) in [6.45, 7) is 3.27. The minimum absolute atomic E-state index is 0.159. The van der Waals surface area contributed by atoms with Crippen molar-refractivity contribution >= 4 is 21.6 Å². The number of rotatable bonds is 5. The fourth-order valence-corrected chi connectivity index (χ4v) is 2.90. The van der Waals surface area contributed by atoms with Crippen molar-refractivity contribution < 1.29 is 18.1 Å². The summed E-state index contributed by atoms with van der Waals surface area (Å²) in [5.74, 6) is -0.567. The normalized spacial score (nSPS) is 11.5. The van der Waals surface area contributed by atoms with Gasteiger partial charge in [0, 0.05) is 26.2 Å². The van der Waals surface area contributed by atoms with Crippen LogP contribution >= 0.6 is 0 Å². The first-order chi connectivity index (χ1) is 9.56. The number of amides is 1. The summed E-state index contributed by atoms with van der Waals surface area (Å²) in [6, 6.07) is 2.86. The maximum absolute atomic E-state index is 12.0. The topological polar surface area (TPSA) is 110 Å². The highest BCUT2D eigenvalue weighted by atomic mass is 32.2. The van der Waals surface area contributed by atoms with E-state index >= 15 is 0 Å². The Labute approximate surface area is 123 Å². The lowest BCUT2D eigenvalue weighted by Gasteiger charge is -2.12. The van der Waals surface area contributed by atoms with Crippen LogP contribution in [0.25, 0.3) is 0 Å². The molecular formula is C12H17N3O5S. The van der Waals surface area contributed by atoms with Gasteiger partial charge >= 0.3 is 0 Å². The van der Waals surface area contributed by atoms with E-state index in [0.29, 0.717) is 0 Å². The molecule has 0 fully saturated rings. The van der Waals surface area contributed by atoms with E-state index < -0.39 is 26.5 Å². The molecule has 0 spiro atoms. The first-order valence-corrected chi connectivity index (χ1v) is 7.57. The van der Waals surface area contributed by atoms with E-state index in [1.807, 2.05) is 0 Å². The molecule has 0 saturated heterocycles. The third-order valence-corrected chi connectivity index (χ3v) is 4.16. The molecule has 0 saturated carbocycles. The predicted octanol–water partition coefficient (Wildman–Crippen LogP) is 0.983. The standard InChI is InChI=1S/C12H17N3O5S/c1-8(2)13-21(19,20)9-5-6-10(12(16)14(3)4)11(7-9)15(17)18/h5-8,13H,1-4H3. The second kappa shape index (κ2) is 6.19.